The fraction of sp³-hybridized carbons (Fsp3) is 0.0833. The van der Waals surface area contributed by atoms with Gasteiger partial charge in [0.2, 0.25) is 5.82 Å². The largest absolute Gasteiger partial charge is 0.458 e. The quantitative estimate of drug-likeness (QED) is 0.364. The predicted molar refractivity (Wildman–Crippen MR) is 126 cm³/mol. The monoisotopic (exact) mass is 483 g/mol. The molecule has 0 aliphatic carbocycles. The van der Waals surface area contributed by atoms with Crippen molar-refractivity contribution in [2.75, 3.05) is 0 Å². The van der Waals surface area contributed by atoms with E-state index in [0.29, 0.717) is 28.2 Å². The molecule has 5 aromatic heterocycles. The number of aryl methyl sites for hydroxylation is 1. The van der Waals surface area contributed by atoms with Gasteiger partial charge in [0.25, 0.3) is 11.4 Å². The van der Waals surface area contributed by atoms with Crippen molar-refractivity contribution in [3.8, 4) is 29.2 Å². The maximum absolute atomic E-state index is 13.9. The number of rotatable bonds is 4. The van der Waals surface area contributed by atoms with Crippen LogP contribution < -0.4 is 5.56 Å². The molecule has 0 amide bonds. The number of hydrogen-bond donors (Lipinski definition) is 0. The third-order valence-electron chi connectivity index (χ3n) is 5.60. The lowest BCUT2D eigenvalue weighted by Crippen LogP contribution is -2.24. The van der Waals surface area contributed by atoms with Gasteiger partial charge in [0.15, 0.2) is 11.5 Å². The smallest absolute Gasteiger partial charge is 0.279 e. The highest BCUT2D eigenvalue weighted by molar-refractivity contribution is 6.32. The lowest BCUT2D eigenvalue weighted by molar-refractivity contribution is 0.428. The maximum atomic E-state index is 13.9. The van der Waals surface area contributed by atoms with Crippen molar-refractivity contribution in [1.29, 1.82) is 5.26 Å². The molecule has 0 saturated carbocycles. The SMILES string of the molecule is Cc1ccc(-c2noc(-c3ncn4c3c(=O)n(Cc3ccccn3)c3c(C#N)c(Cl)ccc34)n2)o1. The molecule has 0 bridgehead atoms. The lowest BCUT2D eigenvalue weighted by atomic mass is 10.1. The minimum Gasteiger partial charge on any atom is -0.458 e. The number of benzene rings is 1. The number of hydrogen-bond acceptors (Lipinski definition) is 8. The molecule has 6 rings (SSSR count). The zero-order valence-corrected chi connectivity index (χ0v) is 18.9. The molecule has 5 heterocycles. The fourth-order valence-corrected chi connectivity index (χ4v) is 4.22. The van der Waals surface area contributed by atoms with Crippen LogP contribution in [0.2, 0.25) is 5.02 Å². The Kier molecular flexibility index (Phi) is 4.72. The van der Waals surface area contributed by atoms with Crippen LogP contribution in [-0.4, -0.2) is 29.1 Å². The van der Waals surface area contributed by atoms with Crippen LogP contribution in [0.4, 0.5) is 0 Å². The molecule has 0 saturated heterocycles. The van der Waals surface area contributed by atoms with Gasteiger partial charge in [-0.25, -0.2) is 4.98 Å². The summed E-state index contributed by atoms with van der Waals surface area (Å²) in [5, 5.41) is 14.0. The summed E-state index contributed by atoms with van der Waals surface area (Å²) in [5.41, 5.74) is 1.78. The van der Waals surface area contributed by atoms with Crippen molar-refractivity contribution in [3.05, 3.63) is 87.4 Å². The Balaban J connectivity index is 1.63. The predicted octanol–water partition coefficient (Wildman–Crippen LogP) is 4.24. The van der Waals surface area contributed by atoms with Gasteiger partial charge < -0.3 is 8.94 Å². The number of fused-ring (bicyclic) bond motifs is 3. The molecular formula is C24H14ClN7O3. The van der Waals surface area contributed by atoms with E-state index in [1.165, 1.54) is 10.9 Å². The van der Waals surface area contributed by atoms with Crippen LogP contribution in [-0.2, 0) is 6.54 Å². The second-order valence-electron chi connectivity index (χ2n) is 7.76. The highest BCUT2D eigenvalue weighted by atomic mass is 35.5. The summed E-state index contributed by atoms with van der Waals surface area (Å²) in [7, 11) is 0. The van der Waals surface area contributed by atoms with Crippen molar-refractivity contribution in [1.82, 2.24) is 29.1 Å². The van der Waals surface area contributed by atoms with Gasteiger partial charge in [0.05, 0.1) is 33.9 Å². The van der Waals surface area contributed by atoms with Gasteiger partial charge in [-0.2, -0.15) is 10.2 Å². The minimum atomic E-state index is -0.414. The Morgan fingerprint density at radius 3 is 2.74 bits per heavy atom. The third kappa shape index (κ3) is 3.29. The first kappa shape index (κ1) is 20.8. The number of aromatic nitrogens is 6. The molecule has 0 aliphatic rings. The first-order chi connectivity index (χ1) is 17.0. The number of nitrogens with zero attached hydrogens (tertiary/aromatic N) is 7. The second kappa shape index (κ2) is 7.93. The molecule has 0 unspecified atom stereocenters. The summed E-state index contributed by atoms with van der Waals surface area (Å²) in [6.07, 6.45) is 3.12. The van der Waals surface area contributed by atoms with Crippen molar-refractivity contribution in [2.45, 2.75) is 13.5 Å². The molecule has 0 atom stereocenters. The van der Waals surface area contributed by atoms with E-state index in [2.05, 4.69) is 26.2 Å². The van der Waals surface area contributed by atoms with Crippen LogP contribution in [0.3, 0.4) is 0 Å². The number of imidazole rings is 1. The number of furan rings is 1. The topological polar surface area (TPSA) is 128 Å². The van der Waals surface area contributed by atoms with Crippen LogP contribution in [0.5, 0.6) is 0 Å². The van der Waals surface area contributed by atoms with Gasteiger partial charge in [0.1, 0.15) is 23.7 Å². The molecule has 0 N–H and O–H groups in total. The Hall–Kier alpha value is -4.75. The normalized spacial score (nSPS) is 11.3. The fourth-order valence-electron chi connectivity index (χ4n) is 4.03. The van der Waals surface area contributed by atoms with E-state index in [1.54, 1.807) is 47.0 Å². The molecule has 11 heteroatoms. The van der Waals surface area contributed by atoms with Gasteiger partial charge in [-0.3, -0.25) is 18.7 Å². The summed E-state index contributed by atoms with van der Waals surface area (Å²) in [6.45, 7) is 1.93. The molecule has 6 aromatic rings. The summed E-state index contributed by atoms with van der Waals surface area (Å²) in [4.78, 5) is 27.0. The molecule has 35 heavy (non-hydrogen) atoms. The Morgan fingerprint density at radius 1 is 1.11 bits per heavy atom. The van der Waals surface area contributed by atoms with Crippen LogP contribution in [0.1, 0.15) is 17.0 Å². The Labute approximate surface area is 201 Å². The average molecular weight is 484 g/mol. The lowest BCUT2D eigenvalue weighted by Gasteiger charge is -2.14. The van der Waals surface area contributed by atoms with E-state index in [9.17, 15) is 10.1 Å². The summed E-state index contributed by atoms with van der Waals surface area (Å²) < 4.78 is 14.1. The molecule has 0 spiro atoms. The van der Waals surface area contributed by atoms with Crippen molar-refractivity contribution in [3.63, 3.8) is 0 Å². The van der Waals surface area contributed by atoms with E-state index in [-0.39, 0.29) is 40.1 Å². The van der Waals surface area contributed by atoms with Gasteiger partial charge in [-0.1, -0.05) is 22.8 Å². The highest BCUT2D eigenvalue weighted by Crippen LogP contribution is 2.29. The zero-order chi connectivity index (χ0) is 24.1. The van der Waals surface area contributed by atoms with Crippen molar-refractivity contribution < 1.29 is 8.94 Å². The van der Waals surface area contributed by atoms with Crippen LogP contribution in [0.15, 0.2) is 68.7 Å². The summed E-state index contributed by atoms with van der Waals surface area (Å²) in [5.74, 6) is 1.44. The first-order valence-corrected chi connectivity index (χ1v) is 10.9. The maximum Gasteiger partial charge on any atom is 0.279 e. The van der Waals surface area contributed by atoms with Gasteiger partial charge >= 0.3 is 0 Å². The molecule has 0 radical (unpaired) electrons. The van der Waals surface area contributed by atoms with E-state index in [0.717, 1.165) is 0 Å². The first-order valence-electron chi connectivity index (χ1n) is 10.5. The second-order valence-corrected chi connectivity index (χ2v) is 8.17. The molecule has 170 valence electrons. The number of nitriles is 1. The van der Waals surface area contributed by atoms with E-state index in [4.69, 9.17) is 20.5 Å². The Morgan fingerprint density at radius 2 is 2.00 bits per heavy atom. The highest BCUT2D eigenvalue weighted by Gasteiger charge is 2.24. The van der Waals surface area contributed by atoms with Gasteiger partial charge in [0, 0.05) is 6.20 Å². The minimum absolute atomic E-state index is 0.0619. The van der Waals surface area contributed by atoms with Crippen molar-refractivity contribution >= 4 is 28.2 Å². The van der Waals surface area contributed by atoms with E-state index in [1.807, 2.05) is 13.0 Å². The molecule has 10 nitrogen and oxygen atoms in total. The zero-order valence-electron chi connectivity index (χ0n) is 18.1. The molecule has 0 fully saturated rings. The molecule has 1 aromatic carbocycles. The summed E-state index contributed by atoms with van der Waals surface area (Å²) >= 11 is 6.33. The van der Waals surface area contributed by atoms with E-state index >= 15 is 0 Å². The average Bonchev–Trinajstić information content (AvgIpc) is 3.61. The Bertz CT molecular complexity index is 1840. The molecular weight excluding hydrogens is 470 g/mol. The van der Waals surface area contributed by atoms with Crippen LogP contribution in [0, 0.1) is 18.3 Å². The third-order valence-corrected chi connectivity index (χ3v) is 5.91. The standard InChI is InChI=1S/C24H14ClN7O3/c1-13-5-8-18(34-13)22-29-23(35-30-22)19-21-24(33)31(11-14-4-2-3-9-27-14)20-15(10-26)16(25)6-7-17(20)32(21)12-28-19/h2-9,12H,11H2,1H3. The van der Waals surface area contributed by atoms with E-state index < -0.39 is 5.56 Å². The summed E-state index contributed by atoms with van der Waals surface area (Å²) in [6, 6.07) is 14.4. The van der Waals surface area contributed by atoms with Crippen LogP contribution >= 0.6 is 11.6 Å². The van der Waals surface area contributed by atoms with Crippen molar-refractivity contribution in [2.24, 2.45) is 0 Å². The number of halogens is 1. The van der Waals surface area contributed by atoms with Crippen LogP contribution in [0.25, 0.3) is 39.7 Å². The van der Waals surface area contributed by atoms with Gasteiger partial charge in [-0.05, 0) is 43.3 Å². The van der Waals surface area contributed by atoms with Gasteiger partial charge in [-0.15, -0.1) is 0 Å². The molecule has 0 aliphatic heterocycles. The number of pyridine rings is 1.